The van der Waals surface area contributed by atoms with Crippen LogP contribution in [0.3, 0.4) is 0 Å². The summed E-state index contributed by atoms with van der Waals surface area (Å²) in [6.07, 6.45) is 8.76. The average molecular weight is 304 g/mol. The van der Waals surface area contributed by atoms with Crippen molar-refractivity contribution in [1.29, 1.82) is 0 Å². The average Bonchev–Trinajstić information content (AvgIpc) is 2.50. The molecule has 0 bridgehead atoms. The van der Waals surface area contributed by atoms with Crippen molar-refractivity contribution in [3.63, 3.8) is 0 Å². The molecule has 3 heteroatoms. The van der Waals surface area contributed by atoms with Gasteiger partial charge in [-0.25, -0.2) is 4.21 Å². The molecule has 1 unspecified atom stereocenters. The Balaban J connectivity index is 2.07. The van der Waals surface area contributed by atoms with E-state index in [1.165, 1.54) is 44.1 Å². The van der Waals surface area contributed by atoms with Crippen molar-refractivity contribution in [2.45, 2.75) is 56.8 Å². The molecule has 2 rings (SSSR count). The van der Waals surface area contributed by atoms with E-state index < -0.39 is 11.1 Å². The highest BCUT2D eigenvalue weighted by atomic mass is 32.2. The summed E-state index contributed by atoms with van der Waals surface area (Å²) in [6.45, 7) is 2.23. The van der Waals surface area contributed by atoms with Crippen molar-refractivity contribution in [2.24, 2.45) is 0 Å². The molecule has 1 N–H and O–H groups in total. The third-order valence-electron chi connectivity index (χ3n) is 3.96. The van der Waals surface area contributed by atoms with Gasteiger partial charge >= 0.3 is 0 Å². The van der Waals surface area contributed by atoms with Crippen LogP contribution in [-0.4, -0.2) is 8.76 Å². The zero-order valence-electron chi connectivity index (χ0n) is 12.7. The first-order chi connectivity index (χ1) is 10.2. The first-order valence-electron chi connectivity index (χ1n) is 7.85. The summed E-state index contributed by atoms with van der Waals surface area (Å²) in [5, 5.41) is 2.02. The second-order valence-corrected chi connectivity index (χ2v) is 6.47. The van der Waals surface area contributed by atoms with E-state index in [9.17, 15) is 8.76 Å². The predicted octanol–water partition coefficient (Wildman–Crippen LogP) is 5.32. The minimum atomic E-state index is -1.92. The van der Waals surface area contributed by atoms with Crippen molar-refractivity contribution < 1.29 is 8.76 Å². The standard InChI is InChI=1S/C18H24O2S/c1-2-3-4-5-6-7-10-15-11-8-13-17-16(15)12-9-14-18(17)21(19)20/h8-9,11-14H,2-7,10H2,1H3,(H,19,20). The van der Waals surface area contributed by atoms with E-state index in [1.807, 2.05) is 18.2 Å². The molecule has 0 saturated carbocycles. The van der Waals surface area contributed by atoms with Crippen LogP contribution in [0.2, 0.25) is 0 Å². The number of aryl methyl sites for hydroxylation is 1. The zero-order chi connectivity index (χ0) is 15.1. The van der Waals surface area contributed by atoms with Gasteiger partial charge in [-0.3, -0.25) is 0 Å². The van der Waals surface area contributed by atoms with E-state index in [4.69, 9.17) is 0 Å². The number of unbranched alkanes of at least 4 members (excludes halogenated alkanes) is 5. The van der Waals surface area contributed by atoms with Crippen LogP contribution in [0.4, 0.5) is 0 Å². The van der Waals surface area contributed by atoms with Crippen molar-refractivity contribution >= 4 is 21.9 Å². The Morgan fingerprint density at radius 1 is 0.905 bits per heavy atom. The predicted molar refractivity (Wildman–Crippen MR) is 90.1 cm³/mol. The Bertz CT molecular complexity index is 607. The fourth-order valence-corrected chi connectivity index (χ4v) is 3.37. The number of fused-ring (bicyclic) bond motifs is 1. The van der Waals surface area contributed by atoms with Gasteiger partial charge in [-0.05, 0) is 29.9 Å². The molecule has 0 fully saturated rings. The van der Waals surface area contributed by atoms with Gasteiger partial charge in [0, 0.05) is 5.39 Å². The van der Waals surface area contributed by atoms with E-state index in [2.05, 4.69) is 19.1 Å². The molecular formula is C18H24O2S. The summed E-state index contributed by atoms with van der Waals surface area (Å²) in [5.74, 6) is 0. The lowest BCUT2D eigenvalue weighted by Gasteiger charge is -2.09. The Hall–Kier alpha value is -1.19. The van der Waals surface area contributed by atoms with Crippen molar-refractivity contribution in [2.75, 3.05) is 0 Å². The van der Waals surface area contributed by atoms with Gasteiger partial charge in [-0.1, -0.05) is 69.4 Å². The normalized spacial score (nSPS) is 12.7. The summed E-state index contributed by atoms with van der Waals surface area (Å²) in [7, 11) is 0. The largest absolute Gasteiger partial charge is 0.302 e. The van der Waals surface area contributed by atoms with E-state index in [-0.39, 0.29) is 0 Å². The van der Waals surface area contributed by atoms with Crippen molar-refractivity contribution in [3.8, 4) is 0 Å². The summed E-state index contributed by atoms with van der Waals surface area (Å²) in [6, 6.07) is 11.7. The first kappa shape index (κ1) is 16.2. The van der Waals surface area contributed by atoms with Crippen LogP contribution in [0.15, 0.2) is 41.3 Å². The maximum atomic E-state index is 11.4. The van der Waals surface area contributed by atoms with E-state index in [0.717, 1.165) is 17.2 Å². The Kier molecular flexibility index (Phi) is 6.40. The van der Waals surface area contributed by atoms with Crippen LogP contribution in [0.1, 0.15) is 51.0 Å². The van der Waals surface area contributed by atoms with Crippen LogP contribution in [0, 0.1) is 0 Å². The molecule has 0 aliphatic heterocycles. The van der Waals surface area contributed by atoms with Crippen molar-refractivity contribution in [1.82, 2.24) is 0 Å². The molecule has 21 heavy (non-hydrogen) atoms. The fraction of sp³-hybridized carbons (Fsp3) is 0.444. The topological polar surface area (TPSA) is 37.3 Å². The van der Waals surface area contributed by atoms with Gasteiger partial charge in [0.05, 0.1) is 4.90 Å². The maximum absolute atomic E-state index is 11.4. The summed E-state index contributed by atoms with van der Waals surface area (Å²) in [5.41, 5.74) is 1.29. The van der Waals surface area contributed by atoms with Gasteiger partial charge in [-0.2, -0.15) is 0 Å². The molecule has 0 aromatic heterocycles. The van der Waals surface area contributed by atoms with Crippen LogP contribution in [-0.2, 0) is 17.5 Å². The minimum absolute atomic E-state index is 0.511. The highest BCUT2D eigenvalue weighted by Crippen LogP contribution is 2.25. The Labute approximate surface area is 129 Å². The lowest BCUT2D eigenvalue weighted by Crippen LogP contribution is -1.93. The van der Waals surface area contributed by atoms with Crippen molar-refractivity contribution in [3.05, 3.63) is 42.0 Å². The maximum Gasteiger partial charge on any atom is 0.187 e. The van der Waals surface area contributed by atoms with Gasteiger partial charge in [0.2, 0.25) is 0 Å². The fourth-order valence-electron chi connectivity index (χ4n) is 2.81. The smallest absolute Gasteiger partial charge is 0.187 e. The number of hydrogen-bond acceptors (Lipinski definition) is 1. The monoisotopic (exact) mass is 304 g/mol. The van der Waals surface area contributed by atoms with Crippen LogP contribution < -0.4 is 0 Å². The van der Waals surface area contributed by atoms with Gasteiger partial charge in [0.1, 0.15) is 0 Å². The molecule has 114 valence electrons. The second-order valence-electron chi connectivity index (χ2n) is 5.54. The van der Waals surface area contributed by atoms with E-state index in [1.54, 1.807) is 6.07 Å². The molecule has 0 spiro atoms. The highest BCUT2D eigenvalue weighted by molar-refractivity contribution is 7.79. The summed E-state index contributed by atoms with van der Waals surface area (Å²) < 4.78 is 20.8. The zero-order valence-corrected chi connectivity index (χ0v) is 13.5. The molecule has 2 nitrogen and oxygen atoms in total. The molecule has 0 radical (unpaired) electrons. The Morgan fingerprint density at radius 2 is 1.57 bits per heavy atom. The molecular weight excluding hydrogens is 280 g/mol. The highest BCUT2D eigenvalue weighted by Gasteiger charge is 2.08. The molecule has 2 aromatic carbocycles. The molecule has 1 atom stereocenters. The lowest BCUT2D eigenvalue weighted by molar-refractivity contribution is 0.565. The SMILES string of the molecule is CCCCCCCCc1cccc2c(S(=O)O)cccc12. The molecule has 0 saturated heterocycles. The molecule has 2 aromatic rings. The number of hydrogen-bond donors (Lipinski definition) is 1. The minimum Gasteiger partial charge on any atom is -0.302 e. The molecule has 0 aliphatic rings. The van der Waals surface area contributed by atoms with Crippen LogP contribution >= 0.6 is 0 Å². The number of rotatable bonds is 8. The third kappa shape index (κ3) is 4.39. The number of benzene rings is 2. The second kappa shape index (κ2) is 8.30. The third-order valence-corrected chi connectivity index (χ3v) is 4.69. The first-order valence-corrected chi connectivity index (χ1v) is 8.96. The van der Waals surface area contributed by atoms with E-state index in [0.29, 0.717) is 4.90 Å². The van der Waals surface area contributed by atoms with Gasteiger partial charge in [-0.15, -0.1) is 0 Å². The molecule has 0 aliphatic carbocycles. The summed E-state index contributed by atoms with van der Waals surface area (Å²) >= 11 is -1.92. The van der Waals surface area contributed by atoms with Gasteiger partial charge in [0.25, 0.3) is 0 Å². The van der Waals surface area contributed by atoms with Crippen LogP contribution in [0.25, 0.3) is 10.8 Å². The van der Waals surface area contributed by atoms with Gasteiger partial charge in [0.15, 0.2) is 11.1 Å². The Morgan fingerprint density at radius 3 is 2.33 bits per heavy atom. The quantitative estimate of drug-likeness (QED) is 0.529. The van der Waals surface area contributed by atoms with E-state index >= 15 is 0 Å². The lowest BCUT2D eigenvalue weighted by atomic mass is 9.99. The van der Waals surface area contributed by atoms with Gasteiger partial charge < -0.3 is 4.55 Å². The molecule has 0 amide bonds. The summed E-state index contributed by atoms with van der Waals surface area (Å²) in [4.78, 5) is 0.511. The molecule has 0 heterocycles. The van der Waals surface area contributed by atoms with Crippen LogP contribution in [0.5, 0.6) is 0 Å².